The number of amides is 2. The molecule has 0 spiro atoms. The zero-order valence-electron chi connectivity index (χ0n) is 36.5. The summed E-state index contributed by atoms with van der Waals surface area (Å²) < 4.78 is 3.65. The average Bonchev–Trinajstić information content (AvgIpc) is 3.81. The van der Waals surface area contributed by atoms with Gasteiger partial charge in [0.05, 0.1) is 64.3 Å². The molecule has 0 bridgehead atoms. The number of fused-ring (bicyclic) bond motifs is 6. The van der Waals surface area contributed by atoms with E-state index in [2.05, 4.69) is 41.2 Å². The van der Waals surface area contributed by atoms with Crippen LogP contribution in [0.2, 0.25) is 20.1 Å². The third kappa shape index (κ3) is 9.48. The molecule has 0 radical (unpaired) electrons. The summed E-state index contributed by atoms with van der Waals surface area (Å²) in [6, 6.07) is 27.0. The number of H-pyrrole nitrogens is 2. The number of carbonyl (C=O) groups is 1. The summed E-state index contributed by atoms with van der Waals surface area (Å²) in [5, 5.41) is 16.6. The Labute approximate surface area is 403 Å². The molecule has 5 aromatic carbocycles. The minimum Gasteiger partial charge on any atom is -0.334 e. The molecule has 67 heavy (non-hydrogen) atoms. The van der Waals surface area contributed by atoms with E-state index in [9.17, 15) is 14.4 Å². The third-order valence-electron chi connectivity index (χ3n) is 11.2. The number of nitrogens with two attached hydrogens (primary N) is 1. The molecule has 8 N–H and O–H groups in total. The summed E-state index contributed by atoms with van der Waals surface area (Å²) in [6.07, 6.45) is 7.21. The van der Waals surface area contributed by atoms with Crippen LogP contribution in [-0.2, 0) is 14.1 Å². The van der Waals surface area contributed by atoms with E-state index < -0.39 is 0 Å². The van der Waals surface area contributed by atoms with Crippen LogP contribution < -0.4 is 38.1 Å². The van der Waals surface area contributed by atoms with Crippen LogP contribution in [0, 0.1) is 13.8 Å². The highest BCUT2D eigenvalue weighted by atomic mass is 35.5. The summed E-state index contributed by atoms with van der Waals surface area (Å²) in [6.45, 7) is 4.61. The van der Waals surface area contributed by atoms with Gasteiger partial charge in [0.2, 0.25) is 11.9 Å². The quantitative estimate of drug-likeness (QED) is 0.0704. The lowest BCUT2D eigenvalue weighted by molar-refractivity contribution is 0.253. The van der Waals surface area contributed by atoms with Crippen LogP contribution in [0.1, 0.15) is 22.5 Å². The van der Waals surface area contributed by atoms with Crippen molar-refractivity contribution < 1.29 is 4.79 Å². The van der Waals surface area contributed by atoms with Crippen LogP contribution in [0.3, 0.4) is 0 Å². The van der Waals surface area contributed by atoms with Crippen molar-refractivity contribution in [3.8, 4) is 0 Å². The van der Waals surface area contributed by atoms with E-state index in [1.54, 1.807) is 48.6 Å². The molecule has 0 fully saturated rings. The van der Waals surface area contributed by atoms with Gasteiger partial charge >= 0.3 is 6.03 Å². The number of para-hydroxylation sites is 3. The fourth-order valence-electron chi connectivity index (χ4n) is 7.77. The number of aromatic amines is 2. The predicted octanol–water partition coefficient (Wildman–Crippen LogP) is 11.4. The van der Waals surface area contributed by atoms with Crippen molar-refractivity contribution in [1.82, 2.24) is 34.4 Å². The molecule has 0 aliphatic rings. The zero-order chi connectivity index (χ0) is 47.5. The summed E-state index contributed by atoms with van der Waals surface area (Å²) in [5.41, 5.74) is 13.0. The Morgan fingerprint density at radius 3 is 1.54 bits per heavy atom. The molecule has 0 aliphatic carbocycles. The van der Waals surface area contributed by atoms with Gasteiger partial charge in [0.25, 0.3) is 11.1 Å². The molecule has 4 heterocycles. The predicted molar refractivity (Wildman–Crippen MR) is 277 cm³/mol. The van der Waals surface area contributed by atoms with Crippen LogP contribution in [0.25, 0.3) is 55.8 Å². The first-order chi connectivity index (χ1) is 32.2. The second kappa shape index (κ2) is 19.8. The van der Waals surface area contributed by atoms with Gasteiger partial charge in [-0.25, -0.2) is 14.8 Å². The lowest BCUT2D eigenvalue weighted by Crippen LogP contribution is -2.28. The van der Waals surface area contributed by atoms with Crippen molar-refractivity contribution in [2.45, 2.75) is 13.8 Å². The van der Waals surface area contributed by atoms with Gasteiger partial charge in [0.15, 0.2) is 0 Å². The molecule has 0 saturated carbocycles. The first kappa shape index (κ1) is 46.5. The molecule has 0 aliphatic heterocycles. The van der Waals surface area contributed by atoms with Gasteiger partial charge in [-0.2, -0.15) is 0 Å². The van der Waals surface area contributed by atoms with Crippen LogP contribution in [-0.4, -0.2) is 48.2 Å². The van der Waals surface area contributed by atoms with Crippen molar-refractivity contribution in [3.05, 3.63) is 166 Å². The number of nitrogens with zero attached hydrogens (tertiary/aromatic N) is 4. The number of aromatic nitrogens is 6. The maximum absolute atomic E-state index is 13.3. The van der Waals surface area contributed by atoms with E-state index >= 15 is 0 Å². The van der Waals surface area contributed by atoms with Gasteiger partial charge in [0.1, 0.15) is 0 Å². The maximum atomic E-state index is 13.3. The minimum atomic E-state index is -0.314. The van der Waals surface area contributed by atoms with E-state index in [-0.39, 0.29) is 17.1 Å². The van der Waals surface area contributed by atoms with E-state index in [0.717, 1.165) is 33.1 Å². The smallest absolute Gasteiger partial charge is 0.319 e. The molecule has 0 atom stereocenters. The first-order valence-corrected chi connectivity index (χ1v) is 22.4. The van der Waals surface area contributed by atoms with Crippen LogP contribution >= 0.6 is 46.4 Å². The molecular weight excluding hydrogens is 932 g/mol. The maximum Gasteiger partial charge on any atom is 0.319 e. The van der Waals surface area contributed by atoms with Gasteiger partial charge < -0.3 is 46.1 Å². The number of nitrogens with one attached hydrogen (secondary N) is 6. The van der Waals surface area contributed by atoms with E-state index in [4.69, 9.17) is 52.1 Å². The monoisotopic (exact) mass is 973 g/mol. The number of anilines is 5. The van der Waals surface area contributed by atoms with Crippen LogP contribution in [0.15, 0.2) is 113 Å². The van der Waals surface area contributed by atoms with E-state index in [0.29, 0.717) is 95.2 Å². The Bertz CT molecular complexity index is 3520. The fourth-order valence-corrected chi connectivity index (χ4v) is 8.75. The number of carbonyl (C=O) groups excluding carboxylic acids is 1. The van der Waals surface area contributed by atoms with Gasteiger partial charge in [0, 0.05) is 44.3 Å². The second-order valence-corrected chi connectivity index (χ2v) is 17.0. The first-order valence-electron chi connectivity index (χ1n) is 20.8. The van der Waals surface area contributed by atoms with Gasteiger partial charge in [-0.1, -0.05) is 101 Å². The number of hydrogen-bond acceptors (Lipinski definition) is 8. The Kier molecular flexibility index (Phi) is 13.7. The Hall–Kier alpha value is -7.07. The number of aryl methyl sites for hydroxylation is 4. The average molecular weight is 976 g/mol. The van der Waals surface area contributed by atoms with E-state index in [1.165, 1.54) is 0 Å². The van der Waals surface area contributed by atoms with Gasteiger partial charge in [-0.3, -0.25) is 9.59 Å². The molecule has 0 saturated heterocycles. The number of urea groups is 1. The third-order valence-corrected chi connectivity index (χ3v) is 12.4. The van der Waals surface area contributed by atoms with Crippen molar-refractivity contribution in [2.24, 2.45) is 19.8 Å². The molecule has 14 nitrogen and oxygen atoms in total. The molecule has 9 aromatic rings. The van der Waals surface area contributed by atoms with Crippen LogP contribution in [0.4, 0.5) is 33.8 Å². The lowest BCUT2D eigenvalue weighted by Gasteiger charge is -2.11. The summed E-state index contributed by atoms with van der Waals surface area (Å²) in [7, 11) is 3.68. The summed E-state index contributed by atoms with van der Waals surface area (Å²) in [4.78, 5) is 53.5. The molecule has 2 amide bonds. The number of pyridine rings is 2. The number of hydrogen-bond donors (Lipinski definition) is 7. The highest BCUT2D eigenvalue weighted by Crippen LogP contribution is 2.36. The SMILES string of the molecule is Cc1c(/C=C/CN)[nH]c(=O)c2c1ccc1nc(Nc3c(Cl)cccc3Cl)n(C)c12.Cc1c(/C=C/CNC(=O)Nc2ccccc2)[nH]c(=O)c2c1ccc1nc(Nc3c(Cl)cccc3Cl)n(C)c12. The van der Waals surface area contributed by atoms with Crippen molar-refractivity contribution in [3.63, 3.8) is 0 Å². The number of imidazole rings is 2. The largest absolute Gasteiger partial charge is 0.334 e. The van der Waals surface area contributed by atoms with Gasteiger partial charge in [-0.15, -0.1) is 0 Å². The highest BCUT2D eigenvalue weighted by Gasteiger charge is 2.19. The molecule has 340 valence electrons. The Morgan fingerprint density at radius 1 is 0.642 bits per heavy atom. The normalized spacial score (nSPS) is 11.5. The lowest BCUT2D eigenvalue weighted by atomic mass is 10.0. The number of rotatable bonds is 10. The standard InChI is InChI=1S/C28H24Cl2N6O2.C21H19Cl2N5O/c1-16-18-13-14-22-25(36(2)27(34-22)35-24-19(29)10-6-11-20(24)30)23(18)26(37)33-21(16)12-7-15-31-28(38)32-17-8-4-3-5-9-17;1-11-12-8-9-16-19(17(12)20(29)25-15(11)7-4-10-24)28(2)21(26-16)27-18-13(22)5-3-6-14(18)23/h3-14H,15H2,1-2H3,(H,33,37)(H,34,35)(H2,31,32,38);3-9H,10,24H2,1-2H3,(H,25,29)(H,26,27)/b12-7+;7-4+. The van der Waals surface area contributed by atoms with Crippen molar-refractivity contribution in [1.29, 1.82) is 0 Å². The highest BCUT2D eigenvalue weighted by molar-refractivity contribution is 6.40. The molecule has 0 unspecified atom stereocenters. The fraction of sp³-hybridized carbons (Fsp3) is 0.122. The molecule has 4 aromatic heterocycles. The number of benzene rings is 5. The minimum absolute atomic E-state index is 0.182. The van der Waals surface area contributed by atoms with E-state index in [1.807, 2.05) is 104 Å². The molecular formula is C49H43Cl4N11O3. The summed E-state index contributed by atoms with van der Waals surface area (Å²) >= 11 is 25.2. The van der Waals surface area contributed by atoms with Crippen LogP contribution in [0.5, 0.6) is 0 Å². The number of halogens is 4. The van der Waals surface area contributed by atoms with Crippen molar-refractivity contribution in [2.75, 3.05) is 29.0 Å². The topological polar surface area (TPSA) is 193 Å². The van der Waals surface area contributed by atoms with Crippen molar-refractivity contribution >= 4 is 137 Å². The Balaban J connectivity index is 0.000000188. The second-order valence-electron chi connectivity index (χ2n) is 15.4. The molecule has 9 rings (SSSR count). The van der Waals surface area contributed by atoms with Gasteiger partial charge in [-0.05, 0) is 96.4 Å². The molecule has 18 heteroatoms. The Morgan fingerprint density at radius 2 is 1.09 bits per heavy atom. The zero-order valence-corrected chi connectivity index (χ0v) is 39.5. The summed E-state index contributed by atoms with van der Waals surface area (Å²) in [5.74, 6) is 1.04.